The van der Waals surface area contributed by atoms with Gasteiger partial charge in [0.05, 0.1) is 4.83 Å². The van der Waals surface area contributed by atoms with Crippen molar-refractivity contribution in [3.8, 4) is 0 Å². The fourth-order valence-electron chi connectivity index (χ4n) is 2.19. The molecule has 0 heterocycles. The SMILES string of the molecule is CCC(C)c1ccc(C(Br)c2ccc(SC)cc2)cc1. The lowest BCUT2D eigenvalue weighted by Gasteiger charge is -2.14. The molecule has 2 atom stereocenters. The predicted octanol–water partition coefficient (Wildman–Crippen LogP) is 6.41. The van der Waals surface area contributed by atoms with Crippen LogP contribution in [0.15, 0.2) is 53.4 Å². The number of thioether (sulfide) groups is 1. The van der Waals surface area contributed by atoms with Gasteiger partial charge in [0.15, 0.2) is 0 Å². The lowest BCUT2D eigenvalue weighted by Crippen LogP contribution is -1.95. The van der Waals surface area contributed by atoms with Crippen molar-refractivity contribution < 1.29 is 0 Å². The average Bonchev–Trinajstić information content (AvgIpc) is 2.53. The Kier molecular flexibility index (Phi) is 5.74. The van der Waals surface area contributed by atoms with Gasteiger partial charge in [-0.3, -0.25) is 0 Å². The lowest BCUT2D eigenvalue weighted by molar-refractivity contribution is 0.733. The summed E-state index contributed by atoms with van der Waals surface area (Å²) in [7, 11) is 0. The molecular formula is C18H21BrS. The number of halogens is 1. The van der Waals surface area contributed by atoms with Gasteiger partial charge in [-0.05, 0) is 47.4 Å². The van der Waals surface area contributed by atoms with Crippen LogP contribution in [-0.2, 0) is 0 Å². The van der Waals surface area contributed by atoms with Crippen molar-refractivity contribution >= 4 is 27.7 Å². The highest BCUT2D eigenvalue weighted by atomic mass is 79.9. The summed E-state index contributed by atoms with van der Waals surface area (Å²) in [6.07, 6.45) is 3.29. The Morgan fingerprint density at radius 3 is 1.80 bits per heavy atom. The molecule has 0 aliphatic carbocycles. The Bertz CT molecular complexity index is 530. The number of benzene rings is 2. The summed E-state index contributed by atoms with van der Waals surface area (Å²) in [5.41, 5.74) is 4.04. The molecule has 0 aromatic heterocycles. The van der Waals surface area contributed by atoms with Crippen molar-refractivity contribution in [2.24, 2.45) is 0 Å². The van der Waals surface area contributed by atoms with Gasteiger partial charge in [-0.15, -0.1) is 11.8 Å². The molecule has 0 saturated heterocycles. The van der Waals surface area contributed by atoms with Crippen LogP contribution in [0, 0.1) is 0 Å². The third-order valence-corrected chi connectivity index (χ3v) is 5.62. The van der Waals surface area contributed by atoms with Crippen molar-refractivity contribution in [2.75, 3.05) is 6.26 Å². The first kappa shape index (κ1) is 15.7. The molecule has 2 heteroatoms. The largest absolute Gasteiger partial charge is 0.130 e. The summed E-state index contributed by atoms with van der Waals surface area (Å²) in [5, 5.41) is 0. The van der Waals surface area contributed by atoms with E-state index in [1.54, 1.807) is 11.8 Å². The minimum atomic E-state index is 0.268. The van der Waals surface area contributed by atoms with E-state index in [9.17, 15) is 0 Å². The van der Waals surface area contributed by atoms with E-state index in [0.717, 1.165) is 0 Å². The molecule has 0 spiro atoms. The molecule has 0 N–H and O–H groups in total. The van der Waals surface area contributed by atoms with Crippen LogP contribution in [0.25, 0.3) is 0 Å². The fourth-order valence-corrected chi connectivity index (χ4v) is 3.21. The second-order valence-electron chi connectivity index (χ2n) is 5.11. The topological polar surface area (TPSA) is 0 Å². The van der Waals surface area contributed by atoms with Crippen LogP contribution in [0.2, 0.25) is 0 Å². The van der Waals surface area contributed by atoms with Crippen LogP contribution in [0.5, 0.6) is 0 Å². The molecule has 20 heavy (non-hydrogen) atoms. The van der Waals surface area contributed by atoms with E-state index in [1.807, 2.05) is 0 Å². The molecule has 0 radical (unpaired) electrons. The van der Waals surface area contributed by atoms with E-state index in [1.165, 1.54) is 28.0 Å². The minimum Gasteiger partial charge on any atom is -0.130 e. The molecular weight excluding hydrogens is 328 g/mol. The third-order valence-electron chi connectivity index (χ3n) is 3.82. The summed E-state index contributed by atoms with van der Waals surface area (Å²) < 4.78 is 0. The quantitative estimate of drug-likeness (QED) is 0.444. The Balaban J connectivity index is 2.17. The molecule has 0 amide bonds. The van der Waals surface area contributed by atoms with Crippen LogP contribution < -0.4 is 0 Å². The van der Waals surface area contributed by atoms with Gasteiger partial charge in [-0.1, -0.05) is 66.2 Å². The molecule has 0 nitrogen and oxygen atoms in total. The second kappa shape index (κ2) is 7.33. The number of alkyl halides is 1. The van der Waals surface area contributed by atoms with Crippen LogP contribution >= 0.6 is 27.7 Å². The summed E-state index contributed by atoms with van der Waals surface area (Å²) in [5.74, 6) is 0.638. The first-order valence-corrected chi connectivity index (χ1v) is 9.17. The van der Waals surface area contributed by atoms with Crippen molar-refractivity contribution in [3.05, 3.63) is 65.2 Å². The van der Waals surface area contributed by atoms with Gasteiger partial charge in [0.1, 0.15) is 0 Å². The molecule has 0 bridgehead atoms. The molecule has 106 valence electrons. The summed E-state index contributed by atoms with van der Waals surface area (Å²) in [6.45, 7) is 4.51. The van der Waals surface area contributed by atoms with Crippen LogP contribution in [0.1, 0.15) is 47.7 Å². The highest BCUT2D eigenvalue weighted by Crippen LogP contribution is 2.32. The molecule has 0 fully saturated rings. The highest BCUT2D eigenvalue weighted by Gasteiger charge is 2.11. The third kappa shape index (κ3) is 3.67. The van der Waals surface area contributed by atoms with E-state index in [-0.39, 0.29) is 4.83 Å². The molecule has 0 aliphatic rings. The smallest absolute Gasteiger partial charge is 0.0644 e. The zero-order valence-electron chi connectivity index (χ0n) is 12.3. The second-order valence-corrected chi connectivity index (χ2v) is 6.91. The molecule has 2 rings (SSSR count). The number of hydrogen-bond acceptors (Lipinski definition) is 1. The van der Waals surface area contributed by atoms with E-state index >= 15 is 0 Å². The predicted molar refractivity (Wildman–Crippen MR) is 94.1 cm³/mol. The summed E-state index contributed by atoms with van der Waals surface area (Å²) >= 11 is 5.59. The molecule has 2 unspecified atom stereocenters. The van der Waals surface area contributed by atoms with Gasteiger partial charge < -0.3 is 0 Å². The Labute approximate surface area is 135 Å². The first-order chi connectivity index (χ1) is 9.65. The van der Waals surface area contributed by atoms with Crippen LogP contribution in [-0.4, -0.2) is 6.26 Å². The zero-order valence-corrected chi connectivity index (χ0v) is 14.7. The Hall–Kier alpha value is -0.730. The monoisotopic (exact) mass is 348 g/mol. The standard InChI is InChI=1S/C18H21BrS/c1-4-13(2)14-5-7-15(8-6-14)18(19)16-9-11-17(20-3)12-10-16/h5-13,18H,4H2,1-3H3. The Morgan fingerprint density at radius 2 is 1.35 bits per heavy atom. The molecule has 2 aromatic carbocycles. The number of hydrogen-bond donors (Lipinski definition) is 0. The summed E-state index contributed by atoms with van der Waals surface area (Å²) in [6, 6.07) is 17.8. The van der Waals surface area contributed by atoms with E-state index in [2.05, 4.69) is 84.6 Å². The minimum absolute atomic E-state index is 0.268. The first-order valence-electron chi connectivity index (χ1n) is 7.03. The van der Waals surface area contributed by atoms with Crippen molar-refractivity contribution in [3.63, 3.8) is 0 Å². The zero-order chi connectivity index (χ0) is 14.5. The maximum absolute atomic E-state index is 3.81. The van der Waals surface area contributed by atoms with E-state index in [4.69, 9.17) is 0 Å². The molecule has 2 aromatic rings. The normalized spacial score (nSPS) is 14.0. The molecule has 0 saturated carbocycles. The van der Waals surface area contributed by atoms with Gasteiger partial charge in [-0.25, -0.2) is 0 Å². The van der Waals surface area contributed by atoms with Crippen LogP contribution in [0.3, 0.4) is 0 Å². The maximum atomic E-state index is 3.81. The van der Waals surface area contributed by atoms with Crippen LogP contribution in [0.4, 0.5) is 0 Å². The van der Waals surface area contributed by atoms with E-state index < -0.39 is 0 Å². The van der Waals surface area contributed by atoms with Gasteiger partial charge in [0.2, 0.25) is 0 Å². The Morgan fingerprint density at radius 1 is 0.900 bits per heavy atom. The van der Waals surface area contributed by atoms with E-state index in [0.29, 0.717) is 5.92 Å². The lowest BCUT2D eigenvalue weighted by atomic mass is 9.96. The number of rotatable bonds is 5. The van der Waals surface area contributed by atoms with Gasteiger partial charge in [0, 0.05) is 4.90 Å². The van der Waals surface area contributed by atoms with Crippen molar-refractivity contribution in [1.82, 2.24) is 0 Å². The van der Waals surface area contributed by atoms with Gasteiger partial charge in [0.25, 0.3) is 0 Å². The highest BCUT2D eigenvalue weighted by molar-refractivity contribution is 9.09. The average molecular weight is 349 g/mol. The molecule has 0 aliphatic heterocycles. The van der Waals surface area contributed by atoms with Gasteiger partial charge in [-0.2, -0.15) is 0 Å². The van der Waals surface area contributed by atoms with Gasteiger partial charge >= 0.3 is 0 Å². The van der Waals surface area contributed by atoms with Crippen molar-refractivity contribution in [1.29, 1.82) is 0 Å². The summed E-state index contributed by atoms with van der Waals surface area (Å²) in [4.78, 5) is 1.57. The van der Waals surface area contributed by atoms with Crippen molar-refractivity contribution in [2.45, 2.75) is 35.9 Å². The fraction of sp³-hybridized carbons (Fsp3) is 0.333. The maximum Gasteiger partial charge on any atom is 0.0644 e.